The molecule has 0 saturated carbocycles. The van der Waals surface area contributed by atoms with E-state index in [0.29, 0.717) is 0 Å². The molecule has 0 atom stereocenters. The van der Waals surface area contributed by atoms with E-state index in [2.05, 4.69) is 65.6 Å². The minimum Gasteiger partial charge on any atom is -0.372 e. The van der Waals surface area contributed by atoms with Gasteiger partial charge in [0, 0.05) is 18.9 Å². The van der Waals surface area contributed by atoms with Crippen molar-refractivity contribution in [1.29, 1.82) is 0 Å². The molecule has 0 bridgehead atoms. The minimum absolute atomic E-state index is 0.0631. The Labute approximate surface area is 112 Å². The van der Waals surface area contributed by atoms with Crippen molar-refractivity contribution in [3.8, 4) is 0 Å². The van der Waals surface area contributed by atoms with Crippen LogP contribution in [0, 0.1) is 3.57 Å². The highest BCUT2D eigenvalue weighted by atomic mass is 127. The summed E-state index contributed by atoms with van der Waals surface area (Å²) in [5.41, 5.74) is 1.20. The van der Waals surface area contributed by atoms with Gasteiger partial charge < -0.3 is 5.32 Å². The van der Waals surface area contributed by atoms with Crippen LogP contribution in [0.3, 0.4) is 0 Å². The van der Waals surface area contributed by atoms with Crippen LogP contribution in [0.1, 0.15) is 45.6 Å². The SMILES string of the molecule is CCCc1nc(NC)c(I)c(C(C)(C)C)n1. The van der Waals surface area contributed by atoms with E-state index in [1.807, 2.05) is 7.05 Å². The summed E-state index contributed by atoms with van der Waals surface area (Å²) in [7, 11) is 1.91. The maximum absolute atomic E-state index is 4.68. The van der Waals surface area contributed by atoms with Gasteiger partial charge in [-0.3, -0.25) is 0 Å². The van der Waals surface area contributed by atoms with Crippen molar-refractivity contribution in [2.45, 2.75) is 46.0 Å². The van der Waals surface area contributed by atoms with E-state index in [1.165, 1.54) is 0 Å². The summed E-state index contributed by atoms with van der Waals surface area (Å²) < 4.78 is 1.13. The minimum atomic E-state index is 0.0631. The fourth-order valence-electron chi connectivity index (χ4n) is 1.49. The van der Waals surface area contributed by atoms with Gasteiger partial charge in [0.2, 0.25) is 0 Å². The Hall–Kier alpha value is -0.390. The summed E-state index contributed by atoms with van der Waals surface area (Å²) in [5, 5.41) is 3.15. The van der Waals surface area contributed by atoms with Crippen molar-refractivity contribution in [2.24, 2.45) is 0 Å². The number of nitrogens with one attached hydrogen (secondary N) is 1. The van der Waals surface area contributed by atoms with Crippen LogP contribution in [0.15, 0.2) is 0 Å². The standard InChI is InChI=1S/C12H20IN3/c1-6-7-8-15-10(12(2,3)4)9(13)11(14-5)16-8/h6-7H2,1-5H3,(H,14,15,16). The average Bonchev–Trinajstić information content (AvgIpc) is 2.19. The second-order valence-corrected chi connectivity index (χ2v) is 5.98. The van der Waals surface area contributed by atoms with E-state index in [0.717, 1.165) is 33.7 Å². The zero-order valence-corrected chi connectivity index (χ0v) is 12.8. The summed E-state index contributed by atoms with van der Waals surface area (Å²) >= 11 is 2.32. The smallest absolute Gasteiger partial charge is 0.143 e. The van der Waals surface area contributed by atoms with Crippen molar-refractivity contribution >= 4 is 28.4 Å². The Morgan fingerprint density at radius 2 is 1.88 bits per heavy atom. The quantitative estimate of drug-likeness (QED) is 0.862. The van der Waals surface area contributed by atoms with Gasteiger partial charge in [-0.2, -0.15) is 0 Å². The molecule has 0 aliphatic heterocycles. The monoisotopic (exact) mass is 333 g/mol. The number of aromatic nitrogens is 2. The average molecular weight is 333 g/mol. The molecule has 16 heavy (non-hydrogen) atoms. The molecule has 1 N–H and O–H groups in total. The lowest BCUT2D eigenvalue weighted by atomic mass is 9.92. The van der Waals surface area contributed by atoms with E-state index >= 15 is 0 Å². The van der Waals surface area contributed by atoms with Crippen LogP contribution < -0.4 is 5.32 Å². The van der Waals surface area contributed by atoms with E-state index in [1.54, 1.807) is 0 Å². The van der Waals surface area contributed by atoms with Gasteiger partial charge in [0.1, 0.15) is 11.6 Å². The first-order valence-corrected chi connectivity index (χ1v) is 6.72. The molecule has 0 amide bonds. The number of hydrogen-bond acceptors (Lipinski definition) is 3. The Bertz CT molecular complexity index is 369. The van der Waals surface area contributed by atoms with Gasteiger partial charge >= 0.3 is 0 Å². The Balaban J connectivity index is 3.30. The highest BCUT2D eigenvalue weighted by Crippen LogP contribution is 2.29. The summed E-state index contributed by atoms with van der Waals surface area (Å²) in [4.78, 5) is 9.21. The molecule has 0 saturated heterocycles. The molecular weight excluding hydrogens is 313 g/mol. The second kappa shape index (κ2) is 5.29. The maximum Gasteiger partial charge on any atom is 0.143 e. The number of nitrogens with zero attached hydrogens (tertiary/aromatic N) is 2. The third-order valence-corrected chi connectivity index (χ3v) is 3.34. The van der Waals surface area contributed by atoms with Crippen molar-refractivity contribution in [3.63, 3.8) is 0 Å². The number of aryl methyl sites for hydroxylation is 1. The van der Waals surface area contributed by atoms with Gasteiger partial charge in [-0.15, -0.1) is 0 Å². The normalized spacial score (nSPS) is 11.6. The van der Waals surface area contributed by atoms with Gasteiger partial charge in [-0.05, 0) is 29.0 Å². The number of halogens is 1. The van der Waals surface area contributed by atoms with Gasteiger partial charge in [0.25, 0.3) is 0 Å². The zero-order chi connectivity index (χ0) is 12.3. The molecule has 0 aliphatic carbocycles. The van der Waals surface area contributed by atoms with Crippen molar-refractivity contribution in [2.75, 3.05) is 12.4 Å². The summed E-state index contributed by atoms with van der Waals surface area (Å²) in [6.07, 6.45) is 2.02. The first-order chi connectivity index (χ1) is 7.40. The zero-order valence-electron chi connectivity index (χ0n) is 10.7. The van der Waals surface area contributed by atoms with E-state index < -0.39 is 0 Å². The lowest BCUT2D eigenvalue weighted by Gasteiger charge is -2.21. The molecule has 3 nitrogen and oxygen atoms in total. The number of hydrogen-bond donors (Lipinski definition) is 1. The van der Waals surface area contributed by atoms with Crippen LogP contribution >= 0.6 is 22.6 Å². The molecule has 0 aliphatic rings. The van der Waals surface area contributed by atoms with Crippen molar-refractivity contribution in [1.82, 2.24) is 9.97 Å². The van der Waals surface area contributed by atoms with Crippen LogP contribution in [0.5, 0.6) is 0 Å². The topological polar surface area (TPSA) is 37.8 Å². The summed E-state index contributed by atoms with van der Waals surface area (Å²) in [5.74, 6) is 1.89. The molecule has 90 valence electrons. The van der Waals surface area contributed by atoms with Crippen LogP contribution in [-0.4, -0.2) is 17.0 Å². The molecule has 1 aromatic heterocycles. The lowest BCUT2D eigenvalue weighted by Crippen LogP contribution is -2.19. The molecular formula is C12H20IN3. The molecule has 0 unspecified atom stereocenters. The maximum atomic E-state index is 4.68. The fraction of sp³-hybridized carbons (Fsp3) is 0.667. The number of rotatable bonds is 3. The Morgan fingerprint density at radius 3 is 2.31 bits per heavy atom. The van der Waals surface area contributed by atoms with Gasteiger partial charge in [-0.25, -0.2) is 9.97 Å². The molecule has 1 heterocycles. The highest BCUT2D eigenvalue weighted by Gasteiger charge is 2.22. The summed E-state index contributed by atoms with van der Waals surface area (Å²) in [6, 6.07) is 0. The predicted molar refractivity (Wildman–Crippen MR) is 77.0 cm³/mol. The van der Waals surface area contributed by atoms with Crippen LogP contribution in [0.2, 0.25) is 0 Å². The third-order valence-electron chi connectivity index (χ3n) is 2.32. The largest absolute Gasteiger partial charge is 0.372 e. The van der Waals surface area contributed by atoms with Gasteiger partial charge in [-0.1, -0.05) is 27.7 Å². The molecule has 1 aromatic rings. The molecule has 4 heteroatoms. The first kappa shape index (κ1) is 13.7. The van der Waals surface area contributed by atoms with Crippen LogP contribution in [0.4, 0.5) is 5.82 Å². The predicted octanol–water partition coefficient (Wildman–Crippen LogP) is 3.37. The fourth-order valence-corrected chi connectivity index (χ4v) is 2.81. The van der Waals surface area contributed by atoms with Crippen molar-refractivity contribution in [3.05, 3.63) is 15.1 Å². The Kier molecular flexibility index (Phi) is 4.52. The van der Waals surface area contributed by atoms with E-state index in [-0.39, 0.29) is 5.41 Å². The van der Waals surface area contributed by atoms with Crippen molar-refractivity contribution < 1.29 is 0 Å². The van der Waals surface area contributed by atoms with Gasteiger partial charge in [0.15, 0.2) is 0 Å². The summed E-state index contributed by atoms with van der Waals surface area (Å²) in [6.45, 7) is 8.71. The highest BCUT2D eigenvalue weighted by molar-refractivity contribution is 14.1. The third kappa shape index (κ3) is 3.06. The Morgan fingerprint density at radius 1 is 1.25 bits per heavy atom. The molecule has 0 aromatic carbocycles. The van der Waals surface area contributed by atoms with Crippen LogP contribution in [-0.2, 0) is 11.8 Å². The van der Waals surface area contributed by atoms with Crippen LogP contribution in [0.25, 0.3) is 0 Å². The van der Waals surface area contributed by atoms with E-state index in [4.69, 9.17) is 0 Å². The van der Waals surface area contributed by atoms with Gasteiger partial charge in [0.05, 0.1) is 9.26 Å². The first-order valence-electron chi connectivity index (χ1n) is 5.64. The lowest BCUT2D eigenvalue weighted by molar-refractivity contribution is 0.557. The number of anilines is 1. The second-order valence-electron chi connectivity index (χ2n) is 4.90. The van der Waals surface area contributed by atoms with E-state index in [9.17, 15) is 0 Å². The molecule has 0 fully saturated rings. The molecule has 0 spiro atoms. The molecule has 0 radical (unpaired) electrons. The molecule has 1 rings (SSSR count).